The zero-order valence-electron chi connectivity index (χ0n) is 27.1. The van der Waals surface area contributed by atoms with Gasteiger partial charge in [-0.05, 0) is 79.7 Å². The van der Waals surface area contributed by atoms with Crippen molar-refractivity contribution in [3.8, 4) is 5.75 Å². The van der Waals surface area contributed by atoms with E-state index in [1.807, 2.05) is 31.2 Å². The van der Waals surface area contributed by atoms with Crippen LogP contribution in [0.3, 0.4) is 0 Å². The molecule has 1 aliphatic heterocycles. The summed E-state index contributed by atoms with van der Waals surface area (Å²) in [4.78, 5) is 50.9. The van der Waals surface area contributed by atoms with Gasteiger partial charge in [-0.25, -0.2) is 0 Å². The second kappa shape index (κ2) is 11.5. The molecule has 2 aromatic rings. The van der Waals surface area contributed by atoms with Crippen LogP contribution in [0, 0.1) is 34.5 Å². The molecule has 3 fully saturated rings. The van der Waals surface area contributed by atoms with Crippen LogP contribution in [0.2, 0.25) is 0 Å². The fourth-order valence-corrected chi connectivity index (χ4v) is 9.70. The Morgan fingerprint density at radius 1 is 1.17 bits per heavy atom. The Morgan fingerprint density at radius 2 is 1.93 bits per heavy atom. The Hall–Kier alpha value is -3.76. The van der Waals surface area contributed by atoms with Crippen molar-refractivity contribution in [2.24, 2.45) is 34.5 Å². The first-order chi connectivity index (χ1) is 21.7. The molecule has 5 aliphatic rings. The molecule has 0 saturated heterocycles. The van der Waals surface area contributed by atoms with Crippen LogP contribution in [0.4, 0.5) is 0 Å². The fourth-order valence-electron chi connectivity index (χ4n) is 9.70. The number of aliphatic hydroxyl groups is 2. The number of H-pyrrole nitrogens is 1. The van der Waals surface area contributed by atoms with Crippen LogP contribution in [0.15, 0.2) is 42.0 Å². The minimum atomic E-state index is -1.61. The van der Waals surface area contributed by atoms with Gasteiger partial charge in [0.1, 0.15) is 17.0 Å². The van der Waals surface area contributed by atoms with Crippen LogP contribution in [0.5, 0.6) is 5.75 Å². The van der Waals surface area contributed by atoms with Gasteiger partial charge in [-0.2, -0.15) is 0 Å². The molecule has 0 unspecified atom stereocenters. The Balaban J connectivity index is 0.000000194. The van der Waals surface area contributed by atoms with E-state index in [0.717, 1.165) is 40.6 Å². The molecule has 7 rings (SSSR count). The first-order valence-corrected chi connectivity index (χ1v) is 16.2. The molecule has 4 aliphatic carbocycles. The minimum absolute atomic E-state index is 0.00535. The molecule has 1 aromatic heterocycles. The van der Waals surface area contributed by atoms with Crippen LogP contribution in [0.25, 0.3) is 10.9 Å². The molecule has 10 heteroatoms. The lowest BCUT2D eigenvalue weighted by molar-refractivity contribution is -0.182. The van der Waals surface area contributed by atoms with Gasteiger partial charge < -0.3 is 30.0 Å². The fraction of sp³-hybridized carbons (Fsp3) is 0.556. The first kappa shape index (κ1) is 32.2. The van der Waals surface area contributed by atoms with Gasteiger partial charge in [-0.1, -0.05) is 32.4 Å². The first-order valence-electron chi connectivity index (χ1n) is 16.2. The van der Waals surface area contributed by atoms with Crippen molar-refractivity contribution in [2.75, 3.05) is 20.3 Å². The lowest BCUT2D eigenvalue weighted by Crippen LogP contribution is -2.62. The number of hydrogen-bond acceptors (Lipinski definition) is 8. The van der Waals surface area contributed by atoms with Gasteiger partial charge in [0.25, 0.3) is 5.91 Å². The molecule has 246 valence electrons. The number of esters is 1. The SMILES string of the molecule is CC(=O)OCC(=O)[C@@]1(O)CC[C@H]2[C@@H]3C[C@H](C)C4=CC(=O)C=C[C@]4(C)[C@H]3[C@@H](O)C[C@@]21C.COc1ccc2c3c([nH]c2c1)C(=O)NCC3. The number of Topliss-reactive ketones (excluding diaryl/α,β-unsaturated/α-hetero) is 1. The lowest BCUT2D eigenvalue weighted by atomic mass is 9.45. The van der Waals surface area contributed by atoms with E-state index in [2.05, 4.69) is 24.1 Å². The minimum Gasteiger partial charge on any atom is -0.497 e. The Bertz CT molecular complexity index is 1670. The number of benzene rings is 1. The number of fused-ring (bicyclic) bond motifs is 8. The van der Waals surface area contributed by atoms with Crippen LogP contribution >= 0.6 is 0 Å². The number of ether oxygens (including phenoxy) is 2. The normalized spacial score (nSPS) is 35.8. The second-order valence-corrected chi connectivity index (χ2v) is 14.2. The number of nitrogens with one attached hydrogen (secondary N) is 2. The van der Waals surface area contributed by atoms with Crippen LogP contribution in [-0.2, 0) is 25.5 Å². The molecule has 0 spiro atoms. The van der Waals surface area contributed by atoms with E-state index in [-0.39, 0.29) is 35.4 Å². The number of carbonyl (C=O) groups is 4. The average Bonchev–Trinajstić information content (AvgIpc) is 3.52. The number of hydrogen-bond donors (Lipinski definition) is 4. The number of ketones is 2. The van der Waals surface area contributed by atoms with E-state index in [0.29, 0.717) is 31.5 Å². The average molecular weight is 633 g/mol. The monoisotopic (exact) mass is 632 g/mol. The molecule has 0 radical (unpaired) electrons. The number of methoxy groups -OCH3 is 1. The van der Waals surface area contributed by atoms with Crippen molar-refractivity contribution in [3.05, 3.63) is 53.3 Å². The van der Waals surface area contributed by atoms with Crippen molar-refractivity contribution >= 4 is 34.3 Å². The largest absolute Gasteiger partial charge is 0.497 e. The maximum Gasteiger partial charge on any atom is 0.303 e. The quantitative estimate of drug-likeness (QED) is 0.371. The summed E-state index contributed by atoms with van der Waals surface area (Å²) in [6.07, 6.45) is 7.59. The maximum atomic E-state index is 12.9. The summed E-state index contributed by atoms with van der Waals surface area (Å²) < 4.78 is 10.1. The van der Waals surface area contributed by atoms with E-state index < -0.39 is 40.9 Å². The topological polar surface area (TPSA) is 155 Å². The van der Waals surface area contributed by atoms with Crippen LogP contribution < -0.4 is 10.1 Å². The third-order valence-electron chi connectivity index (χ3n) is 11.8. The van der Waals surface area contributed by atoms with Crippen molar-refractivity contribution in [1.82, 2.24) is 10.3 Å². The van der Waals surface area contributed by atoms with Gasteiger partial charge in [-0.15, -0.1) is 0 Å². The van der Waals surface area contributed by atoms with Crippen molar-refractivity contribution < 1.29 is 38.9 Å². The highest BCUT2D eigenvalue weighted by atomic mass is 16.5. The maximum absolute atomic E-state index is 12.9. The Labute approximate surface area is 268 Å². The molecule has 0 bridgehead atoms. The molecule has 8 atom stereocenters. The van der Waals surface area contributed by atoms with Gasteiger partial charge in [0.2, 0.25) is 5.78 Å². The summed E-state index contributed by atoms with van der Waals surface area (Å²) in [5.41, 5.74) is 1.04. The summed E-state index contributed by atoms with van der Waals surface area (Å²) in [7, 11) is 1.64. The number of aromatic amines is 1. The van der Waals surface area contributed by atoms with Crippen LogP contribution in [-0.4, -0.2) is 70.6 Å². The summed E-state index contributed by atoms with van der Waals surface area (Å²) in [5, 5.41) is 26.8. The smallest absolute Gasteiger partial charge is 0.303 e. The summed E-state index contributed by atoms with van der Waals surface area (Å²) in [5.74, 6) is 0.0680. The summed E-state index contributed by atoms with van der Waals surface area (Å²) >= 11 is 0. The van der Waals surface area contributed by atoms with E-state index >= 15 is 0 Å². The van der Waals surface area contributed by atoms with Gasteiger partial charge >= 0.3 is 5.97 Å². The van der Waals surface area contributed by atoms with E-state index in [1.165, 1.54) is 6.92 Å². The molecule has 46 heavy (non-hydrogen) atoms. The number of rotatable bonds is 4. The lowest BCUT2D eigenvalue weighted by Gasteiger charge is -2.60. The predicted octanol–water partition coefficient (Wildman–Crippen LogP) is 3.84. The molecule has 3 saturated carbocycles. The number of aliphatic hydroxyl groups excluding tert-OH is 1. The third kappa shape index (κ3) is 4.92. The Morgan fingerprint density at radius 3 is 2.65 bits per heavy atom. The zero-order chi connectivity index (χ0) is 33.2. The molecule has 1 amide bonds. The van der Waals surface area contributed by atoms with Gasteiger partial charge in [0.05, 0.1) is 13.2 Å². The van der Waals surface area contributed by atoms with Gasteiger partial charge in [0, 0.05) is 47.2 Å². The van der Waals surface area contributed by atoms with Crippen molar-refractivity contribution in [2.45, 2.75) is 71.5 Å². The van der Waals surface area contributed by atoms with Crippen molar-refractivity contribution in [3.63, 3.8) is 0 Å². The molecule has 10 nitrogen and oxygen atoms in total. The number of amides is 1. The second-order valence-electron chi connectivity index (χ2n) is 14.2. The van der Waals surface area contributed by atoms with Gasteiger partial charge in [-0.3, -0.25) is 19.2 Å². The number of aromatic nitrogens is 1. The highest BCUT2D eigenvalue weighted by molar-refractivity contribution is 6.02. The number of carbonyl (C=O) groups excluding carboxylic acids is 4. The molecule has 4 N–H and O–H groups in total. The highest BCUT2D eigenvalue weighted by Crippen LogP contribution is 2.67. The molecular formula is C36H44N2O8. The molecular weight excluding hydrogens is 588 g/mol. The third-order valence-corrected chi connectivity index (χ3v) is 11.8. The standard InChI is InChI=1S/C24H32O6.C12H12N2O2/c1-13-9-16-17-6-8-24(29,20(28)12-30-14(2)25)23(17,4)11-19(27)21(16)22(3)7-5-15(26)10-18(13)22;1-16-7-2-3-8-9-4-5-13-12(15)11(9)14-10(8)6-7/h5,7,10,13,16-17,19,21,27,29H,6,8-9,11-12H2,1-4H3;2-3,6,14H,4-5H2,1H3,(H,13,15)/t13-,16-,17-,19-,21+,22-,23-,24-;/m0./s1. The molecule has 2 heterocycles. The summed E-state index contributed by atoms with van der Waals surface area (Å²) in [6.45, 7) is 7.65. The highest BCUT2D eigenvalue weighted by Gasteiger charge is 2.68. The van der Waals surface area contributed by atoms with E-state index in [9.17, 15) is 29.4 Å². The Kier molecular flexibility index (Phi) is 8.04. The van der Waals surface area contributed by atoms with E-state index in [1.54, 1.807) is 19.3 Å². The predicted molar refractivity (Wildman–Crippen MR) is 170 cm³/mol. The zero-order valence-corrected chi connectivity index (χ0v) is 27.1. The summed E-state index contributed by atoms with van der Waals surface area (Å²) in [6, 6.07) is 5.84. The number of allylic oxidation sites excluding steroid dienone is 4. The molecule has 1 aromatic carbocycles. The van der Waals surface area contributed by atoms with Gasteiger partial charge in [0.15, 0.2) is 12.4 Å². The van der Waals surface area contributed by atoms with E-state index in [4.69, 9.17) is 9.47 Å². The van der Waals surface area contributed by atoms with Crippen molar-refractivity contribution in [1.29, 1.82) is 0 Å². The van der Waals surface area contributed by atoms with Crippen LogP contribution in [0.1, 0.15) is 69.4 Å².